The van der Waals surface area contributed by atoms with E-state index in [1.165, 1.54) is 44.1 Å². The van der Waals surface area contributed by atoms with Gasteiger partial charge in [0.1, 0.15) is 0 Å². The molecule has 0 heterocycles. The first-order valence-corrected chi connectivity index (χ1v) is 8.29. The fraction of sp³-hybridized carbons (Fsp3) is 0.647. The number of benzene rings is 1. The van der Waals surface area contributed by atoms with Crippen molar-refractivity contribution in [1.82, 2.24) is 0 Å². The Balaban J connectivity index is 2.11. The Kier molecular flexibility index (Phi) is 5.29. The molecular weight excluding hydrogens is 284 g/mol. The molecule has 1 fully saturated rings. The summed E-state index contributed by atoms with van der Waals surface area (Å²) in [6, 6.07) is 9.32. The van der Waals surface area contributed by atoms with E-state index in [0.717, 1.165) is 16.7 Å². The van der Waals surface area contributed by atoms with Crippen LogP contribution >= 0.6 is 15.9 Å². The van der Waals surface area contributed by atoms with Crippen LogP contribution in [-0.2, 0) is 6.42 Å². The molecule has 0 N–H and O–H groups in total. The molecule has 0 saturated heterocycles. The third kappa shape index (κ3) is 4.12. The highest BCUT2D eigenvalue weighted by Crippen LogP contribution is 2.35. The minimum Gasteiger partial charge on any atom is -0.0890 e. The summed E-state index contributed by atoms with van der Waals surface area (Å²) in [5.41, 5.74) is 3.08. The third-order valence-corrected chi connectivity index (χ3v) is 4.76. The molecule has 1 saturated carbocycles. The van der Waals surface area contributed by atoms with Crippen molar-refractivity contribution in [2.45, 2.75) is 63.1 Å². The summed E-state index contributed by atoms with van der Waals surface area (Å²) in [4.78, 5) is 0.721. The van der Waals surface area contributed by atoms with Crippen molar-refractivity contribution in [1.29, 1.82) is 0 Å². The van der Waals surface area contributed by atoms with Crippen LogP contribution in [0.25, 0.3) is 0 Å². The normalized spacial score (nSPS) is 25.1. The summed E-state index contributed by atoms with van der Waals surface area (Å²) in [6.45, 7) is 4.60. The summed E-state index contributed by atoms with van der Waals surface area (Å²) in [7, 11) is 0. The molecule has 0 nitrogen and oxygen atoms in total. The minimum atomic E-state index is 0.721. The lowest BCUT2D eigenvalue weighted by atomic mass is 9.89. The quantitative estimate of drug-likeness (QED) is 0.496. The first kappa shape index (κ1) is 14.1. The Morgan fingerprint density at radius 3 is 2.78 bits per heavy atom. The number of rotatable bonds is 3. The lowest BCUT2D eigenvalue weighted by molar-refractivity contribution is 0.596. The van der Waals surface area contributed by atoms with Crippen LogP contribution in [0.5, 0.6) is 0 Å². The first-order chi connectivity index (χ1) is 8.65. The molecule has 0 spiro atoms. The molecule has 18 heavy (non-hydrogen) atoms. The molecule has 1 aromatic carbocycles. The Morgan fingerprint density at radius 1 is 1.22 bits per heavy atom. The van der Waals surface area contributed by atoms with Crippen molar-refractivity contribution in [3.05, 3.63) is 35.4 Å². The minimum absolute atomic E-state index is 0.721. The second-order valence-corrected chi connectivity index (χ2v) is 7.45. The van der Waals surface area contributed by atoms with Gasteiger partial charge in [-0.1, -0.05) is 66.9 Å². The predicted molar refractivity (Wildman–Crippen MR) is 83.5 cm³/mol. The van der Waals surface area contributed by atoms with Crippen molar-refractivity contribution in [2.75, 3.05) is 0 Å². The Labute approximate surface area is 120 Å². The Hall–Kier alpha value is -0.300. The molecule has 0 amide bonds. The zero-order valence-electron chi connectivity index (χ0n) is 11.7. The zero-order chi connectivity index (χ0) is 13.0. The van der Waals surface area contributed by atoms with Crippen LogP contribution in [0.15, 0.2) is 24.3 Å². The maximum atomic E-state index is 3.83. The number of hydrogen-bond acceptors (Lipinski definition) is 0. The molecule has 0 radical (unpaired) electrons. The standard InChI is InChI=1S/C17H25Br/c1-13(2)10-14-6-5-8-15(11-14)16-7-3-4-9-17(18)12-16/h5-6,8,11,13,16-17H,3-4,7,9-10,12H2,1-2H3. The van der Waals surface area contributed by atoms with Gasteiger partial charge in [-0.15, -0.1) is 0 Å². The second-order valence-electron chi connectivity index (χ2n) is 6.16. The summed E-state index contributed by atoms with van der Waals surface area (Å²) >= 11 is 3.83. The maximum absolute atomic E-state index is 3.83. The van der Waals surface area contributed by atoms with Crippen molar-refractivity contribution in [3.8, 4) is 0 Å². The van der Waals surface area contributed by atoms with Gasteiger partial charge >= 0.3 is 0 Å². The smallest absolute Gasteiger partial charge is 0.0151 e. The fourth-order valence-corrected chi connectivity index (χ4v) is 3.82. The SMILES string of the molecule is CC(C)Cc1cccc(C2CCCCC(Br)C2)c1. The average molecular weight is 309 g/mol. The van der Waals surface area contributed by atoms with Crippen molar-refractivity contribution in [3.63, 3.8) is 0 Å². The van der Waals surface area contributed by atoms with Gasteiger partial charge in [0.25, 0.3) is 0 Å². The van der Waals surface area contributed by atoms with Crippen LogP contribution in [0.2, 0.25) is 0 Å². The molecule has 0 aromatic heterocycles. The first-order valence-electron chi connectivity index (χ1n) is 7.38. The summed E-state index contributed by atoms with van der Waals surface area (Å²) < 4.78 is 0. The van der Waals surface area contributed by atoms with Gasteiger partial charge < -0.3 is 0 Å². The van der Waals surface area contributed by atoms with E-state index in [0.29, 0.717) is 0 Å². The van der Waals surface area contributed by atoms with Crippen LogP contribution in [0.4, 0.5) is 0 Å². The third-order valence-electron chi connectivity index (χ3n) is 3.93. The van der Waals surface area contributed by atoms with E-state index < -0.39 is 0 Å². The Morgan fingerprint density at radius 2 is 2.00 bits per heavy atom. The van der Waals surface area contributed by atoms with Crippen LogP contribution in [-0.4, -0.2) is 4.83 Å². The van der Waals surface area contributed by atoms with Gasteiger partial charge in [0.2, 0.25) is 0 Å². The van der Waals surface area contributed by atoms with E-state index in [2.05, 4.69) is 54.0 Å². The van der Waals surface area contributed by atoms with E-state index in [1.54, 1.807) is 5.56 Å². The summed E-state index contributed by atoms with van der Waals surface area (Å²) in [5.74, 6) is 1.52. The van der Waals surface area contributed by atoms with Gasteiger partial charge in [0.15, 0.2) is 0 Å². The number of halogens is 1. The molecule has 2 rings (SSSR count). The van der Waals surface area contributed by atoms with Crippen LogP contribution in [0, 0.1) is 5.92 Å². The van der Waals surface area contributed by atoms with Crippen LogP contribution in [0.1, 0.15) is 63.0 Å². The highest BCUT2D eigenvalue weighted by molar-refractivity contribution is 9.09. The Bertz CT molecular complexity index is 370. The van der Waals surface area contributed by atoms with E-state index in [1.807, 2.05) is 0 Å². The predicted octanol–water partition coefficient (Wildman–Crippen LogP) is 5.70. The molecular formula is C17H25Br. The van der Waals surface area contributed by atoms with E-state index >= 15 is 0 Å². The van der Waals surface area contributed by atoms with Gasteiger partial charge in [-0.05, 0) is 48.6 Å². The molecule has 1 aliphatic rings. The zero-order valence-corrected chi connectivity index (χ0v) is 13.2. The molecule has 2 unspecified atom stereocenters. The van der Waals surface area contributed by atoms with Crippen molar-refractivity contribution in [2.24, 2.45) is 5.92 Å². The van der Waals surface area contributed by atoms with Crippen LogP contribution in [0.3, 0.4) is 0 Å². The highest BCUT2D eigenvalue weighted by Gasteiger charge is 2.19. The van der Waals surface area contributed by atoms with Gasteiger partial charge in [-0.2, -0.15) is 0 Å². The van der Waals surface area contributed by atoms with Crippen molar-refractivity contribution >= 4 is 15.9 Å². The van der Waals surface area contributed by atoms with Gasteiger partial charge in [-0.25, -0.2) is 0 Å². The van der Waals surface area contributed by atoms with Gasteiger partial charge in [0.05, 0.1) is 0 Å². The highest BCUT2D eigenvalue weighted by atomic mass is 79.9. The molecule has 100 valence electrons. The molecule has 0 bridgehead atoms. The molecule has 1 aliphatic carbocycles. The molecule has 1 heteroatoms. The van der Waals surface area contributed by atoms with E-state index in [4.69, 9.17) is 0 Å². The van der Waals surface area contributed by atoms with Crippen LogP contribution < -0.4 is 0 Å². The largest absolute Gasteiger partial charge is 0.0890 e. The lowest BCUT2D eigenvalue weighted by Gasteiger charge is -2.18. The number of hydrogen-bond donors (Lipinski definition) is 0. The van der Waals surface area contributed by atoms with Gasteiger partial charge in [0, 0.05) is 4.83 Å². The molecule has 2 atom stereocenters. The average Bonchev–Trinajstić information content (AvgIpc) is 2.53. The molecule has 0 aliphatic heterocycles. The lowest BCUT2D eigenvalue weighted by Crippen LogP contribution is -2.04. The maximum Gasteiger partial charge on any atom is 0.0151 e. The fourth-order valence-electron chi connectivity index (χ4n) is 3.05. The summed E-state index contributed by atoms with van der Waals surface area (Å²) in [5, 5.41) is 0. The topological polar surface area (TPSA) is 0 Å². The van der Waals surface area contributed by atoms with E-state index in [-0.39, 0.29) is 0 Å². The second kappa shape index (κ2) is 6.75. The van der Waals surface area contributed by atoms with Crippen molar-refractivity contribution < 1.29 is 0 Å². The monoisotopic (exact) mass is 308 g/mol. The van der Waals surface area contributed by atoms with Gasteiger partial charge in [-0.3, -0.25) is 0 Å². The summed E-state index contributed by atoms with van der Waals surface area (Å²) in [6.07, 6.45) is 8.01. The van der Waals surface area contributed by atoms with E-state index in [9.17, 15) is 0 Å². The molecule has 1 aromatic rings. The number of alkyl halides is 1.